The summed E-state index contributed by atoms with van der Waals surface area (Å²) in [5.74, 6) is -0.981. The van der Waals surface area contributed by atoms with Gasteiger partial charge in [0.05, 0.1) is 18.6 Å². The molecule has 4 rings (SSSR count). The second-order valence-corrected chi connectivity index (χ2v) is 11.0. The number of rotatable bonds is 11. The van der Waals surface area contributed by atoms with Gasteiger partial charge < -0.3 is 13.9 Å². The lowest BCUT2D eigenvalue weighted by Crippen LogP contribution is -2.32. The Hall–Kier alpha value is -4.21. The van der Waals surface area contributed by atoms with Crippen LogP contribution >= 0.6 is 0 Å². The lowest BCUT2D eigenvalue weighted by molar-refractivity contribution is -0.134. The summed E-state index contributed by atoms with van der Waals surface area (Å²) < 4.78 is 44.8. The first kappa shape index (κ1) is 28.8. The monoisotopic (exact) mass is 561 g/mol. The van der Waals surface area contributed by atoms with E-state index in [1.54, 1.807) is 32.1 Å². The Labute approximate surface area is 233 Å². The van der Waals surface area contributed by atoms with Crippen molar-refractivity contribution in [3.05, 3.63) is 107 Å². The molecule has 1 heterocycles. The molecule has 0 atom stereocenters. The molecular formula is C31H31NO7S. The highest BCUT2D eigenvalue weighted by Crippen LogP contribution is 2.30. The summed E-state index contributed by atoms with van der Waals surface area (Å²) in [6, 6.07) is 21.6. The van der Waals surface area contributed by atoms with E-state index in [2.05, 4.69) is 4.74 Å². The summed E-state index contributed by atoms with van der Waals surface area (Å²) in [5.41, 5.74) is 3.53. The van der Waals surface area contributed by atoms with Crippen LogP contribution in [0.2, 0.25) is 0 Å². The fourth-order valence-electron chi connectivity index (χ4n) is 4.25. The normalized spacial score (nSPS) is 11.8. The lowest BCUT2D eigenvalue weighted by Gasteiger charge is -2.23. The summed E-state index contributed by atoms with van der Waals surface area (Å²) in [6.45, 7) is 4.02. The molecule has 1 aromatic heterocycles. The number of hydrogen-bond donors (Lipinski definition) is 0. The smallest absolute Gasteiger partial charge is 0.374 e. The van der Waals surface area contributed by atoms with E-state index in [-0.39, 0.29) is 30.4 Å². The number of furan rings is 1. The Bertz CT molecular complexity index is 1620. The van der Waals surface area contributed by atoms with Crippen LogP contribution in [-0.2, 0) is 37.3 Å². The second-order valence-electron chi connectivity index (χ2n) is 9.11. The molecule has 0 aliphatic carbocycles. The lowest BCUT2D eigenvalue weighted by atomic mass is 10.1. The number of fused-ring (bicyclic) bond motifs is 1. The molecule has 4 aromatic rings. The number of carbonyl (C=O) groups excluding carboxylic acids is 2. The molecule has 0 spiro atoms. The van der Waals surface area contributed by atoms with Crippen LogP contribution in [0.25, 0.3) is 17.0 Å². The maximum absolute atomic E-state index is 14.0. The predicted octanol–water partition coefficient (Wildman–Crippen LogP) is 5.54. The van der Waals surface area contributed by atoms with Gasteiger partial charge >= 0.3 is 11.9 Å². The summed E-state index contributed by atoms with van der Waals surface area (Å²) >= 11 is 0. The third-order valence-corrected chi connectivity index (χ3v) is 8.29. The van der Waals surface area contributed by atoms with Gasteiger partial charge in [0.1, 0.15) is 5.58 Å². The average molecular weight is 562 g/mol. The van der Waals surface area contributed by atoms with E-state index in [1.165, 1.54) is 23.6 Å². The summed E-state index contributed by atoms with van der Waals surface area (Å²) in [4.78, 5) is 23.8. The van der Waals surface area contributed by atoms with Crippen molar-refractivity contribution in [2.24, 2.45) is 0 Å². The van der Waals surface area contributed by atoms with E-state index >= 15 is 0 Å². The Balaban J connectivity index is 1.65. The van der Waals surface area contributed by atoms with Crippen molar-refractivity contribution < 1.29 is 31.9 Å². The Morgan fingerprint density at radius 3 is 2.38 bits per heavy atom. The summed E-state index contributed by atoms with van der Waals surface area (Å²) in [6.07, 6.45) is 3.49. The third kappa shape index (κ3) is 6.67. The van der Waals surface area contributed by atoms with E-state index in [4.69, 9.17) is 9.15 Å². The maximum atomic E-state index is 14.0. The number of ether oxygens (including phenoxy) is 2. The first-order valence-electron chi connectivity index (χ1n) is 12.8. The quantitative estimate of drug-likeness (QED) is 0.175. The molecule has 0 fully saturated rings. The molecule has 0 aliphatic heterocycles. The minimum atomic E-state index is -3.93. The number of methoxy groups -OCH3 is 1. The van der Waals surface area contributed by atoms with Crippen molar-refractivity contribution in [1.29, 1.82) is 0 Å². The number of benzene rings is 3. The number of aryl methyl sites for hydroxylation is 1. The fourth-order valence-corrected chi connectivity index (χ4v) is 5.71. The molecule has 0 unspecified atom stereocenters. The number of esters is 2. The second kappa shape index (κ2) is 12.8. The van der Waals surface area contributed by atoms with Crippen LogP contribution in [0, 0.1) is 6.92 Å². The van der Waals surface area contributed by atoms with E-state index in [0.717, 1.165) is 16.7 Å². The highest BCUT2D eigenvalue weighted by molar-refractivity contribution is 7.89. The van der Waals surface area contributed by atoms with Gasteiger partial charge in [0.2, 0.25) is 15.8 Å². The van der Waals surface area contributed by atoms with Gasteiger partial charge in [0.15, 0.2) is 0 Å². The zero-order valence-electron chi connectivity index (χ0n) is 22.6. The van der Waals surface area contributed by atoms with E-state index < -0.39 is 22.0 Å². The van der Waals surface area contributed by atoms with Gasteiger partial charge in [-0.25, -0.2) is 18.0 Å². The number of hydrogen-bond acceptors (Lipinski definition) is 7. The zero-order valence-corrected chi connectivity index (χ0v) is 23.4. The van der Waals surface area contributed by atoms with Crippen LogP contribution < -0.4 is 0 Å². The molecule has 9 heteroatoms. The van der Waals surface area contributed by atoms with E-state index in [0.29, 0.717) is 23.0 Å². The highest BCUT2D eigenvalue weighted by atomic mass is 32.2. The molecule has 0 amide bonds. The minimum absolute atomic E-state index is 0.0636. The summed E-state index contributed by atoms with van der Waals surface area (Å²) in [5, 5.41) is 0.536. The van der Waals surface area contributed by atoms with Crippen molar-refractivity contribution in [2.75, 3.05) is 20.3 Å². The van der Waals surface area contributed by atoms with Crippen LogP contribution in [-0.4, -0.2) is 44.9 Å². The van der Waals surface area contributed by atoms with Gasteiger partial charge in [0, 0.05) is 30.1 Å². The predicted molar refractivity (Wildman–Crippen MR) is 152 cm³/mol. The third-order valence-electron chi connectivity index (χ3n) is 6.45. The van der Waals surface area contributed by atoms with E-state index in [9.17, 15) is 18.0 Å². The Morgan fingerprint density at radius 1 is 0.975 bits per heavy atom. The minimum Gasteiger partial charge on any atom is -0.466 e. The van der Waals surface area contributed by atoms with Crippen LogP contribution in [0.5, 0.6) is 0 Å². The molecule has 0 saturated heterocycles. The average Bonchev–Trinajstić information content (AvgIpc) is 3.30. The topological polar surface area (TPSA) is 103 Å². The van der Waals surface area contributed by atoms with Crippen molar-refractivity contribution in [3.63, 3.8) is 0 Å². The van der Waals surface area contributed by atoms with Crippen molar-refractivity contribution in [3.8, 4) is 0 Å². The fraction of sp³-hybridized carbons (Fsp3) is 0.226. The van der Waals surface area contributed by atoms with Gasteiger partial charge in [-0.3, -0.25) is 0 Å². The van der Waals surface area contributed by atoms with Gasteiger partial charge in [0.25, 0.3) is 0 Å². The Kier molecular flexibility index (Phi) is 9.19. The van der Waals surface area contributed by atoms with Crippen molar-refractivity contribution >= 4 is 39.0 Å². The van der Waals surface area contributed by atoms with Crippen LogP contribution in [0.1, 0.15) is 39.7 Å². The van der Waals surface area contributed by atoms with Crippen LogP contribution in [0.3, 0.4) is 0 Å². The molecule has 0 saturated carbocycles. The maximum Gasteiger partial charge on any atom is 0.374 e. The molecular weight excluding hydrogens is 530 g/mol. The number of carbonyl (C=O) groups is 2. The SMILES string of the molecule is CCOC(=O)c1oc2ccc(S(=O)(=O)N(CCc3ccccc3)Cc3ccc(/C=C/C(=O)OC)cc3)cc2c1C. The standard InChI is InChI=1S/C31H31NO7S/c1-4-38-31(34)30-22(2)27-20-26(15-16-28(27)39-30)40(35,36)32(19-18-23-8-6-5-7-9-23)21-25-12-10-24(11-13-25)14-17-29(33)37-3/h5-17,20H,4,18-19,21H2,1-3H3/b17-14+. The van der Waals surface area contributed by atoms with Gasteiger partial charge in [-0.15, -0.1) is 0 Å². The number of sulfonamides is 1. The summed E-state index contributed by atoms with van der Waals surface area (Å²) in [7, 11) is -2.62. The molecule has 0 bridgehead atoms. The first-order chi connectivity index (χ1) is 19.2. The Morgan fingerprint density at radius 2 is 1.70 bits per heavy atom. The van der Waals surface area contributed by atoms with Gasteiger partial charge in [-0.2, -0.15) is 4.31 Å². The molecule has 0 N–H and O–H groups in total. The zero-order chi connectivity index (χ0) is 28.7. The van der Waals surface area contributed by atoms with Crippen molar-refractivity contribution in [1.82, 2.24) is 4.31 Å². The van der Waals surface area contributed by atoms with Crippen molar-refractivity contribution in [2.45, 2.75) is 31.7 Å². The van der Waals surface area contributed by atoms with Gasteiger partial charge in [-0.1, -0.05) is 54.6 Å². The molecule has 0 radical (unpaired) electrons. The van der Waals surface area contributed by atoms with Crippen LogP contribution in [0.4, 0.5) is 0 Å². The van der Waals surface area contributed by atoms with Crippen LogP contribution in [0.15, 0.2) is 88.2 Å². The number of nitrogens with zero attached hydrogens (tertiary/aromatic N) is 1. The highest BCUT2D eigenvalue weighted by Gasteiger charge is 2.27. The largest absolute Gasteiger partial charge is 0.466 e. The molecule has 8 nitrogen and oxygen atoms in total. The molecule has 3 aromatic carbocycles. The molecule has 208 valence electrons. The van der Waals surface area contributed by atoms with Gasteiger partial charge in [-0.05, 0) is 61.2 Å². The molecule has 0 aliphatic rings. The van der Waals surface area contributed by atoms with E-state index in [1.807, 2.05) is 54.6 Å². The molecule has 40 heavy (non-hydrogen) atoms. The first-order valence-corrected chi connectivity index (χ1v) is 14.3.